The van der Waals surface area contributed by atoms with E-state index in [4.69, 9.17) is 14.2 Å². The lowest BCUT2D eigenvalue weighted by Gasteiger charge is -2.37. The molecular weight excluding hydrogens is 452 g/mol. The van der Waals surface area contributed by atoms with Crippen molar-refractivity contribution in [2.24, 2.45) is 0 Å². The van der Waals surface area contributed by atoms with Gasteiger partial charge >= 0.3 is 18.1 Å². The molecule has 0 aliphatic carbocycles. The first-order chi connectivity index (χ1) is 16.6. The normalized spacial score (nSPS) is 19.1. The summed E-state index contributed by atoms with van der Waals surface area (Å²) in [5.74, 6) is 0.0908. The van der Waals surface area contributed by atoms with Crippen LogP contribution in [0.3, 0.4) is 0 Å². The first-order valence-corrected chi connectivity index (χ1v) is 12.0. The molecule has 0 spiro atoms. The smallest absolute Gasteiger partial charge is 0.410 e. The van der Waals surface area contributed by atoms with Crippen LogP contribution in [0.15, 0.2) is 35.5 Å². The Labute approximate surface area is 206 Å². The Bertz CT molecular complexity index is 963. The van der Waals surface area contributed by atoms with E-state index in [0.717, 1.165) is 0 Å². The number of amides is 3. The van der Waals surface area contributed by atoms with E-state index < -0.39 is 23.6 Å². The maximum Gasteiger partial charge on any atom is 0.410 e. The largest absolute Gasteiger partial charge is 0.494 e. The van der Waals surface area contributed by atoms with Gasteiger partial charge in [0.05, 0.1) is 24.8 Å². The van der Waals surface area contributed by atoms with Crippen molar-refractivity contribution in [3.05, 3.63) is 41.1 Å². The first kappa shape index (κ1) is 26.3. The molecule has 35 heavy (non-hydrogen) atoms. The summed E-state index contributed by atoms with van der Waals surface area (Å²) in [6, 6.07) is 6.20. The fourth-order valence-electron chi connectivity index (χ4n) is 4.07. The van der Waals surface area contributed by atoms with Crippen molar-refractivity contribution in [1.29, 1.82) is 0 Å². The van der Waals surface area contributed by atoms with Crippen LogP contribution in [0.25, 0.3) is 0 Å². The van der Waals surface area contributed by atoms with Crippen molar-refractivity contribution in [2.45, 2.75) is 46.3 Å². The molecule has 1 saturated heterocycles. The van der Waals surface area contributed by atoms with Crippen LogP contribution >= 0.6 is 0 Å². The zero-order valence-corrected chi connectivity index (χ0v) is 21.2. The molecule has 3 rings (SSSR count). The number of urea groups is 1. The summed E-state index contributed by atoms with van der Waals surface area (Å²) in [5.41, 5.74) is 0.946. The summed E-state index contributed by atoms with van der Waals surface area (Å²) in [6.45, 7) is 12.2. The highest BCUT2D eigenvalue weighted by Crippen LogP contribution is 2.34. The van der Waals surface area contributed by atoms with Gasteiger partial charge in [-0.1, -0.05) is 18.2 Å². The highest BCUT2D eigenvalue weighted by atomic mass is 16.6. The SMILES string of the molecule is CCOC(=O)C1=C(CN2CCN(C(=O)OC(C)(C)C)CC2)NC(=O)N[C@@H]1c1ccccc1OCC. The lowest BCUT2D eigenvalue weighted by atomic mass is 9.94. The molecule has 1 atom stereocenters. The fourth-order valence-corrected chi connectivity index (χ4v) is 4.07. The summed E-state index contributed by atoms with van der Waals surface area (Å²) in [7, 11) is 0. The molecule has 0 radical (unpaired) electrons. The van der Waals surface area contributed by atoms with E-state index in [1.807, 2.05) is 52.0 Å². The van der Waals surface area contributed by atoms with Gasteiger partial charge in [0, 0.05) is 44.0 Å². The van der Waals surface area contributed by atoms with E-state index in [2.05, 4.69) is 15.5 Å². The maximum absolute atomic E-state index is 13.1. The Kier molecular flexibility index (Phi) is 8.61. The van der Waals surface area contributed by atoms with E-state index in [1.54, 1.807) is 11.8 Å². The summed E-state index contributed by atoms with van der Waals surface area (Å²) >= 11 is 0. The van der Waals surface area contributed by atoms with E-state index >= 15 is 0 Å². The minimum absolute atomic E-state index is 0.206. The van der Waals surface area contributed by atoms with Gasteiger partial charge in [0.25, 0.3) is 0 Å². The van der Waals surface area contributed by atoms with Crippen LogP contribution in [0.2, 0.25) is 0 Å². The molecule has 3 amide bonds. The third kappa shape index (κ3) is 6.88. The number of ether oxygens (including phenoxy) is 3. The van der Waals surface area contributed by atoms with Crippen LogP contribution in [-0.4, -0.2) is 79.4 Å². The molecule has 2 N–H and O–H groups in total. The average Bonchev–Trinajstić information content (AvgIpc) is 2.79. The molecule has 0 saturated carbocycles. The molecule has 2 heterocycles. The van der Waals surface area contributed by atoms with Crippen LogP contribution in [0.5, 0.6) is 5.75 Å². The third-order valence-electron chi connectivity index (χ3n) is 5.58. The van der Waals surface area contributed by atoms with Gasteiger partial charge in [0.1, 0.15) is 11.4 Å². The number of esters is 1. The predicted octanol–water partition coefficient (Wildman–Crippen LogP) is 2.81. The first-order valence-electron chi connectivity index (χ1n) is 12.0. The van der Waals surface area contributed by atoms with Crippen LogP contribution in [0, 0.1) is 0 Å². The number of piperazine rings is 1. The van der Waals surface area contributed by atoms with Crippen LogP contribution in [0.4, 0.5) is 9.59 Å². The molecule has 2 aliphatic rings. The quantitative estimate of drug-likeness (QED) is 0.568. The summed E-state index contributed by atoms with van der Waals surface area (Å²) in [6.07, 6.45) is -0.341. The summed E-state index contributed by atoms with van der Waals surface area (Å²) < 4.78 is 16.6. The number of hydrogen-bond donors (Lipinski definition) is 2. The second-order valence-corrected chi connectivity index (χ2v) is 9.36. The van der Waals surface area contributed by atoms with Gasteiger partial charge in [-0.05, 0) is 40.7 Å². The molecular formula is C25H36N4O6. The number of carbonyl (C=O) groups excluding carboxylic acids is 3. The number of nitrogens with zero attached hydrogens (tertiary/aromatic N) is 2. The number of para-hydroxylation sites is 1. The van der Waals surface area contributed by atoms with Crippen molar-refractivity contribution in [3.63, 3.8) is 0 Å². The summed E-state index contributed by atoms with van der Waals surface area (Å²) in [5, 5.41) is 5.67. The lowest BCUT2D eigenvalue weighted by molar-refractivity contribution is -0.139. The Morgan fingerprint density at radius 3 is 2.37 bits per heavy atom. The minimum Gasteiger partial charge on any atom is -0.494 e. The Morgan fingerprint density at radius 1 is 1.06 bits per heavy atom. The van der Waals surface area contributed by atoms with Crippen molar-refractivity contribution >= 4 is 18.1 Å². The highest BCUT2D eigenvalue weighted by Gasteiger charge is 2.36. The van der Waals surface area contributed by atoms with E-state index in [9.17, 15) is 14.4 Å². The Hall–Kier alpha value is -3.27. The zero-order chi connectivity index (χ0) is 25.6. The minimum atomic E-state index is -0.719. The van der Waals surface area contributed by atoms with Gasteiger partial charge < -0.3 is 29.7 Å². The average molecular weight is 489 g/mol. The number of nitrogens with one attached hydrogen (secondary N) is 2. The second-order valence-electron chi connectivity index (χ2n) is 9.36. The number of benzene rings is 1. The van der Waals surface area contributed by atoms with Gasteiger partial charge in [-0.3, -0.25) is 4.90 Å². The molecule has 0 aromatic heterocycles. The van der Waals surface area contributed by atoms with Crippen molar-refractivity contribution in [2.75, 3.05) is 45.9 Å². The Balaban J connectivity index is 1.84. The number of rotatable bonds is 7. The molecule has 0 bridgehead atoms. The van der Waals surface area contributed by atoms with Crippen LogP contribution < -0.4 is 15.4 Å². The van der Waals surface area contributed by atoms with Crippen molar-refractivity contribution in [3.8, 4) is 5.75 Å². The predicted molar refractivity (Wildman–Crippen MR) is 130 cm³/mol. The molecule has 0 unspecified atom stereocenters. The van der Waals surface area contributed by atoms with Crippen molar-refractivity contribution in [1.82, 2.24) is 20.4 Å². The van der Waals surface area contributed by atoms with Gasteiger partial charge in [-0.2, -0.15) is 0 Å². The van der Waals surface area contributed by atoms with Crippen molar-refractivity contribution < 1.29 is 28.6 Å². The van der Waals surface area contributed by atoms with Gasteiger partial charge in [0.2, 0.25) is 0 Å². The topological polar surface area (TPSA) is 109 Å². The number of carbonyl (C=O) groups is 3. The molecule has 192 valence electrons. The third-order valence-corrected chi connectivity index (χ3v) is 5.58. The number of hydrogen-bond acceptors (Lipinski definition) is 7. The van der Waals surface area contributed by atoms with Gasteiger partial charge in [0.15, 0.2) is 0 Å². The highest BCUT2D eigenvalue weighted by molar-refractivity contribution is 5.95. The molecule has 1 aromatic carbocycles. The molecule has 1 aromatic rings. The molecule has 10 nitrogen and oxygen atoms in total. The standard InChI is InChI=1S/C25H36N4O6/c1-6-33-19-11-9-8-10-17(19)21-20(22(30)34-7-2)18(26-23(31)27-21)16-28-12-14-29(15-13-28)24(32)35-25(3,4)5/h8-11,21H,6-7,12-16H2,1-5H3,(H2,26,27,31)/t21-/m1/s1. The Morgan fingerprint density at radius 2 is 1.74 bits per heavy atom. The molecule has 10 heteroatoms. The second kappa shape index (κ2) is 11.4. The molecule has 1 fully saturated rings. The zero-order valence-electron chi connectivity index (χ0n) is 21.2. The fraction of sp³-hybridized carbons (Fsp3) is 0.560. The van der Waals surface area contributed by atoms with E-state index in [0.29, 0.717) is 61.9 Å². The van der Waals surface area contributed by atoms with E-state index in [1.165, 1.54) is 0 Å². The monoisotopic (exact) mass is 488 g/mol. The van der Waals surface area contributed by atoms with Crippen LogP contribution in [-0.2, 0) is 14.3 Å². The van der Waals surface area contributed by atoms with Crippen LogP contribution in [0.1, 0.15) is 46.2 Å². The summed E-state index contributed by atoms with van der Waals surface area (Å²) in [4.78, 5) is 41.9. The van der Waals surface area contributed by atoms with Gasteiger partial charge in [-0.15, -0.1) is 0 Å². The lowest BCUT2D eigenvalue weighted by Crippen LogP contribution is -2.53. The van der Waals surface area contributed by atoms with Gasteiger partial charge in [-0.25, -0.2) is 14.4 Å². The van der Waals surface area contributed by atoms with E-state index in [-0.39, 0.29) is 12.7 Å². The maximum atomic E-state index is 13.1. The molecule has 2 aliphatic heterocycles.